The third kappa shape index (κ3) is 8.16. The van der Waals surface area contributed by atoms with E-state index < -0.39 is 0 Å². The molecule has 0 aliphatic heterocycles. The van der Waals surface area contributed by atoms with E-state index >= 15 is 0 Å². The summed E-state index contributed by atoms with van der Waals surface area (Å²) in [6.45, 7) is 7.89. The van der Waals surface area contributed by atoms with Gasteiger partial charge in [-0.15, -0.1) is 0 Å². The van der Waals surface area contributed by atoms with E-state index in [0.717, 1.165) is 111 Å². The van der Waals surface area contributed by atoms with E-state index in [1.165, 1.54) is 21.5 Å². The van der Waals surface area contributed by atoms with Crippen molar-refractivity contribution in [2.75, 3.05) is 0 Å². The highest BCUT2D eigenvalue weighted by Gasteiger charge is 2.25. The third-order valence-electron chi connectivity index (χ3n) is 16.5. The van der Waals surface area contributed by atoms with Crippen LogP contribution in [0.5, 0.6) is 0 Å². The molecular weight excluding hydrogens is 1040 g/mol. The Morgan fingerprint density at radius 1 is 0.306 bits per heavy atom. The van der Waals surface area contributed by atoms with Crippen molar-refractivity contribution in [3.05, 3.63) is 296 Å². The fourth-order valence-corrected chi connectivity index (χ4v) is 12.7. The maximum Gasteiger partial charge on any atom is 0.189 e. The van der Waals surface area contributed by atoms with E-state index in [-0.39, 0.29) is 0 Å². The van der Waals surface area contributed by atoms with Gasteiger partial charge in [-0.05, 0) is 119 Å². The molecule has 0 aliphatic carbocycles. The van der Waals surface area contributed by atoms with Crippen LogP contribution in [0.4, 0.5) is 5.69 Å². The van der Waals surface area contributed by atoms with E-state index in [2.05, 4.69) is 225 Å². The average Bonchev–Trinajstić information content (AvgIpc) is 2.30. The topological polar surface area (TPSA) is 81.6 Å². The van der Waals surface area contributed by atoms with Gasteiger partial charge in [0.05, 0.1) is 51.4 Å². The van der Waals surface area contributed by atoms with E-state index in [0.29, 0.717) is 28.7 Å². The van der Waals surface area contributed by atoms with Gasteiger partial charge in [0, 0.05) is 77.1 Å². The van der Waals surface area contributed by atoms with Gasteiger partial charge < -0.3 is 13.7 Å². The minimum atomic E-state index is 0.421. The SMILES string of the molecule is [C-]#[N+]c1cc(C#N)cc(-c2ccc3c(c2)c2ccccc2n3-c2c(-c3ccc(-n4c5ccccc5c5ccccc54)cc3)cc(-c3nc(-c4ccccc4)nc(-c4ccccc4)n3)cc2-c2ccc(-n3c4ccccc4c4ccccc43)cc2)c1. The van der Waals surface area contributed by atoms with Gasteiger partial charge in [0.2, 0.25) is 0 Å². The second kappa shape index (κ2) is 19.9. The van der Waals surface area contributed by atoms with Crippen LogP contribution in [0.3, 0.4) is 0 Å². The van der Waals surface area contributed by atoms with Crippen molar-refractivity contribution < 1.29 is 0 Å². The van der Waals surface area contributed by atoms with Gasteiger partial charge in [-0.25, -0.2) is 19.8 Å². The number of aromatic nitrogens is 6. The lowest BCUT2D eigenvalue weighted by atomic mass is 9.92. The van der Waals surface area contributed by atoms with Crippen LogP contribution in [0.2, 0.25) is 0 Å². The molecule has 0 unspecified atom stereocenters. The summed E-state index contributed by atoms with van der Waals surface area (Å²) in [6.07, 6.45) is 0. The molecule has 0 amide bonds. The van der Waals surface area contributed by atoms with Crippen molar-refractivity contribution in [1.29, 1.82) is 5.26 Å². The Morgan fingerprint density at radius 3 is 1.12 bits per heavy atom. The summed E-state index contributed by atoms with van der Waals surface area (Å²) in [5, 5.41) is 17.0. The quantitative estimate of drug-likeness (QED) is 0.135. The predicted molar refractivity (Wildman–Crippen MR) is 346 cm³/mol. The molecule has 0 spiro atoms. The largest absolute Gasteiger partial charge is 0.309 e. The zero-order chi connectivity index (χ0) is 56.5. The molecule has 0 N–H and O–H groups in total. The molecular formula is C77H46N8. The summed E-state index contributed by atoms with van der Waals surface area (Å²) in [5.41, 5.74) is 18.7. The van der Waals surface area contributed by atoms with E-state index in [1.54, 1.807) is 6.07 Å². The summed E-state index contributed by atoms with van der Waals surface area (Å²) in [5.74, 6) is 1.69. The first-order valence-electron chi connectivity index (χ1n) is 28.3. The minimum Gasteiger partial charge on any atom is -0.309 e. The number of hydrogen-bond acceptors (Lipinski definition) is 4. The Morgan fingerprint density at radius 2 is 0.682 bits per heavy atom. The van der Waals surface area contributed by atoms with Gasteiger partial charge >= 0.3 is 0 Å². The van der Waals surface area contributed by atoms with Crippen molar-refractivity contribution in [1.82, 2.24) is 28.7 Å². The number of hydrogen-bond donors (Lipinski definition) is 0. The first-order valence-corrected chi connectivity index (χ1v) is 28.3. The van der Waals surface area contributed by atoms with Crippen LogP contribution in [0, 0.1) is 17.9 Å². The Hall–Kier alpha value is -12.0. The highest BCUT2D eigenvalue weighted by atomic mass is 15.0. The van der Waals surface area contributed by atoms with Crippen molar-refractivity contribution in [3.63, 3.8) is 0 Å². The zero-order valence-corrected chi connectivity index (χ0v) is 45.6. The van der Waals surface area contributed by atoms with Crippen LogP contribution >= 0.6 is 0 Å². The van der Waals surface area contributed by atoms with Gasteiger partial charge in [-0.1, -0.05) is 182 Å². The van der Waals surface area contributed by atoms with Crippen LogP contribution in [0.25, 0.3) is 155 Å². The summed E-state index contributed by atoms with van der Waals surface area (Å²) in [6, 6.07) is 99.9. The summed E-state index contributed by atoms with van der Waals surface area (Å²) in [7, 11) is 0. The Labute approximate surface area is 489 Å². The first kappa shape index (κ1) is 48.9. The standard InChI is InChI=1S/C77H46N8/c1-79-57-43-49(48-78)42-55(44-57)54-36-41-73-67(45-54)64-26-12-17-31-72(64)85(73)74-65(50-32-37-58(38-33-50)83-68-27-13-8-22-60(68)61-23-9-14-28-69(61)83)46-56(77-81-75(52-18-4-2-5-19-52)80-76(82-77)53-20-6-3-7-21-53)47-66(74)51-34-39-59(40-35-51)84-70-29-15-10-24-62(70)63-25-11-16-30-71(63)84/h2-47H. The normalized spacial score (nSPS) is 11.5. The number of rotatable bonds is 9. The fourth-order valence-electron chi connectivity index (χ4n) is 12.7. The van der Waals surface area contributed by atoms with E-state index in [1.807, 2.05) is 72.8 Å². The molecule has 0 bridgehead atoms. The number of benzene rings is 12. The molecule has 0 saturated heterocycles. The van der Waals surface area contributed by atoms with Crippen molar-refractivity contribution in [3.8, 4) is 90.7 Å². The molecule has 4 aromatic heterocycles. The van der Waals surface area contributed by atoms with Crippen LogP contribution < -0.4 is 0 Å². The van der Waals surface area contributed by atoms with Crippen LogP contribution in [0.1, 0.15) is 5.56 Å². The lowest BCUT2D eigenvalue weighted by Gasteiger charge is -2.22. The smallest absolute Gasteiger partial charge is 0.189 e. The number of fused-ring (bicyclic) bond motifs is 9. The number of nitriles is 1. The van der Waals surface area contributed by atoms with Crippen LogP contribution in [-0.4, -0.2) is 28.7 Å². The fraction of sp³-hybridized carbons (Fsp3) is 0. The van der Waals surface area contributed by atoms with Crippen LogP contribution in [-0.2, 0) is 0 Å². The summed E-state index contributed by atoms with van der Waals surface area (Å²) in [4.78, 5) is 19.6. The molecule has 394 valence electrons. The minimum absolute atomic E-state index is 0.421. The van der Waals surface area contributed by atoms with Gasteiger partial charge in [-0.3, -0.25) is 0 Å². The maximum atomic E-state index is 10.1. The van der Waals surface area contributed by atoms with Gasteiger partial charge in [-0.2, -0.15) is 5.26 Å². The van der Waals surface area contributed by atoms with E-state index in [4.69, 9.17) is 21.5 Å². The second-order valence-electron chi connectivity index (χ2n) is 21.4. The molecule has 0 atom stereocenters. The molecule has 0 saturated carbocycles. The number of nitrogens with zero attached hydrogens (tertiary/aromatic N) is 8. The second-order valence-corrected chi connectivity index (χ2v) is 21.4. The lowest BCUT2D eigenvalue weighted by molar-refractivity contribution is 1.07. The van der Waals surface area contributed by atoms with Crippen LogP contribution in [0.15, 0.2) is 279 Å². The molecule has 4 heterocycles. The van der Waals surface area contributed by atoms with Gasteiger partial charge in [0.25, 0.3) is 0 Å². The monoisotopic (exact) mass is 1080 g/mol. The molecule has 8 heteroatoms. The average molecular weight is 1080 g/mol. The van der Waals surface area contributed by atoms with Gasteiger partial charge in [0.15, 0.2) is 23.2 Å². The summed E-state index contributed by atoms with van der Waals surface area (Å²) >= 11 is 0. The number of para-hydroxylation sites is 5. The molecule has 12 aromatic carbocycles. The highest BCUT2D eigenvalue weighted by Crippen LogP contribution is 2.46. The molecule has 0 aliphatic rings. The zero-order valence-electron chi connectivity index (χ0n) is 45.6. The van der Waals surface area contributed by atoms with Crippen molar-refractivity contribution in [2.24, 2.45) is 0 Å². The Bertz CT molecular complexity index is 5050. The Kier molecular flexibility index (Phi) is 11.5. The third-order valence-corrected chi connectivity index (χ3v) is 16.5. The lowest BCUT2D eigenvalue weighted by Crippen LogP contribution is -2.04. The highest BCUT2D eigenvalue weighted by molar-refractivity contribution is 6.13. The molecule has 16 aromatic rings. The maximum absolute atomic E-state index is 10.1. The first-order chi connectivity index (χ1) is 42.0. The van der Waals surface area contributed by atoms with E-state index in [9.17, 15) is 5.26 Å². The predicted octanol–water partition coefficient (Wildman–Crippen LogP) is 19.6. The summed E-state index contributed by atoms with van der Waals surface area (Å²) < 4.78 is 7.13. The molecule has 8 nitrogen and oxygen atoms in total. The van der Waals surface area contributed by atoms with Crippen molar-refractivity contribution >= 4 is 71.1 Å². The van der Waals surface area contributed by atoms with Gasteiger partial charge in [0.1, 0.15) is 0 Å². The molecule has 0 fully saturated rings. The van der Waals surface area contributed by atoms with Crippen molar-refractivity contribution in [2.45, 2.75) is 0 Å². The Balaban J connectivity index is 0.994. The molecule has 85 heavy (non-hydrogen) atoms. The molecule has 0 radical (unpaired) electrons. The molecule has 16 rings (SSSR count).